The van der Waals surface area contributed by atoms with Crippen molar-refractivity contribution >= 4 is 23.1 Å². The fourth-order valence-corrected chi connectivity index (χ4v) is 2.76. The molecule has 2 rings (SSSR count). The van der Waals surface area contributed by atoms with Gasteiger partial charge in [0.25, 0.3) is 0 Å². The van der Waals surface area contributed by atoms with Gasteiger partial charge in [-0.15, -0.1) is 11.3 Å². The molecule has 0 spiro atoms. The Morgan fingerprint density at radius 1 is 1.24 bits per heavy atom. The molecule has 0 aliphatic rings. The Morgan fingerprint density at radius 3 is 2.88 bits per heavy atom. The first-order chi connectivity index (χ1) is 8.45. The summed E-state index contributed by atoms with van der Waals surface area (Å²) in [5, 5.41) is 6.41. The van der Waals surface area contributed by atoms with Crippen LogP contribution in [0.25, 0.3) is 0 Å². The van der Waals surface area contributed by atoms with Gasteiger partial charge in [-0.05, 0) is 30.5 Å². The zero-order chi connectivity index (χ0) is 11.8. The predicted molar refractivity (Wildman–Crippen MR) is 73.4 cm³/mol. The van der Waals surface area contributed by atoms with E-state index in [1.165, 1.54) is 4.88 Å². The summed E-state index contributed by atoms with van der Waals surface area (Å²) in [6.07, 6.45) is 4.70. The van der Waals surface area contributed by atoms with Crippen molar-refractivity contribution in [3.63, 3.8) is 0 Å². The molecule has 3 nitrogen and oxygen atoms in total. The largest absolute Gasteiger partial charge is 0.312 e. The molecule has 90 valence electrons. The van der Waals surface area contributed by atoms with Crippen molar-refractivity contribution in [3.8, 4) is 0 Å². The van der Waals surface area contributed by atoms with Crippen molar-refractivity contribution in [1.82, 2.24) is 15.3 Å². The first-order valence-corrected chi connectivity index (χ1v) is 7.44. The molecule has 0 aliphatic carbocycles. The first-order valence-electron chi connectivity index (χ1n) is 5.58. The number of nitrogens with one attached hydrogen (secondary N) is 1. The molecule has 0 radical (unpaired) electrons. The highest BCUT2D eigenvalue weighted by Crippen LogP contribution is 2.11. The summed E-state index contributed by atoms with van der Waals surface area (Å²) in [5.74, 6) is 1.06. The van der Waals surface area contributed by atoms with Gasteiger partial charge in [-0.1, -0.05) is 17.8 Å². The number of aromatic nitrogens is 2. The fraction of sp³-hybridized carbons (Fsp3) is 0.333. The van der Waals surface area contributed by atoms with Crippen molar-refractivity contribution in [3.05, 3.63) is 40.8 Å². The lowest BCUT2D eigenvalue weighted by molar-refractivity contribution is 0.685. The summed E-state index contributed by atoms with van der Waals surface area (Å²) in [6, 6.07) is 6.08. The minimum Gasteiger partial charge on any atom is -0.312 e. The lowest BCUT2D eigenvalue weighted by atomic mass is 10.4. The number of hydrogen-bond donors (Lipinski definition) is 1. The third-order valence-corrected chi connectivity index (χ3v) is 3.99. The standard InChI is InChI=1S/C12H15N3S2/c1-4-11(16-8-1)10-13-5-3-9-17-12-14-6-2-7-15-12/h1-2,4,6-8,13H,3,5,9-10H2. The van der Waals surface area contributed by atoms with Gasteiger partial charge in [0.05, 0.1) is 0 Å². The van der Waals surface area contributed by atoms with E-state index < -0.39 is 0 Å². The average molecular weight is 265 g/mol. The van der Waals surface area contributed by atoms with E-state index in [0.717, 1.165) is 30.4 Å². The summed E-state index contributed by atoms with van der Waals surface area (Å²) >= 11 is 3.50. The van der Waals surface area contributed by atoms with Crippen LogP contribution in [0.3, 0.4) is 0 Å². The van der Waals surface area contributed by atoms with Gasteiger partial charge >= 0.3 is 0 Å². The van der Waals surface area contributed by atoms with E-state index in [2.05, 4.69) is 32.8 Å². The van der Waals surface area contributed by atoms with Gasteiger partial charge in [0, 0.05) is 29.6 Å². The molecule has 0 saturated heterocycles. The highest BCUT2D eigenvalue weighted by molar-refractivity contribution is 7.99. The monoisotopic (exact) mass is 265 g/mol. The van der Waals surface area contributed by atoms with Crippen molar-refractivity contribution in [2.24, 2.45) is 0 Å². The summed E-state index contributed by atoms with van der Waals surface area (Å²) in [5.41, 5.74) is 0. The van der Waals surface area contributed by atoms with Crippen LogP contribution >= 0.6 is 23.1 Å². The van der Waals surface area contributed by atoms with Gasteiger partial charge in [0.2, 0.25) is 0 Å². The quantitative estimate of drug-likeness (QED) is 0.474. The smallest absolute Gasteiger partial charge is 0.187 e. The summed E-state index contributed by atoms with van der Waals surface area (Å²) < 4.78 is 0. The van der Waals surface area contributed by atoms with E-state index >= 15 is 0 Å². The lowest BCUT2D eigenvalue weighted by Crippen LogP contribution is -2.14. The molecule has 2 heterocycles. The van der Waals surface area contributed by atoms with E-state index in [0.29, 0.717) is 0 Å². The number of thiophene rings is 1. The number of hydrogen-bond acceptors (Lipinski definition) is 5. The molecule has 5 heteroatoms. The van der Waals surface area contributed by atoms with Crippen molar-refractivity contribution < 1.29 is 0 Å². The van der Waals surface area contributed by atoms with E-state index in [-0.39, 0.29) is 0 Å². The Labute approximate surface area is 110 Å². The Bertz CT molecular complexity index is 403. The number of nitrogens with zero attached hydrogens (tertiary/aromatic N) is 2. The summed E-state index contributed by atoms with van der Waals surface area (Å²) in [7, 11) is 0. The van der Waals surface area contributed by atoms with Gasteiger partial charge in [-0.25, -0.2) is 9.97 Å². The molecule has 0 atom stereocenters. The van der Waals surface area contributed by atoms with Gasteiger partial charge in [0.1, 0.15) is 0 Å². The van der Waals surface area contributed by atoms with Crippen LogP contribution in [0.15, 0.2) is 41.1 Å². The highest BCUT2D eigenvalue weighted by Gasteiger charge is 1.96. The zero-order valence-electron chi connectivity index (χ0n) is 9.50. The molecule has 2 aromatic heterocycles. The van der Waals surface area contributed by atoms with Gasteiger partial charge in [-0.3, -0.25) is 0 Å². The molecule has 2 aromatic rings. The van der Waals surface area contributed by atoms with Gasteiger partial charge in [-0.2, -0.15) is 0 Å². The Balaban J connectivity index is 1.52. The molecule has 17 heavy (non-hydrogen) atoms. The molecule has 0 amide bonds. The van der Waals surface area contributed by atoms with Gasteiger partial charge < -0.3 is 5.32 Å². The van der Waals surface area contributed by atoms with E-state index in [9.17, 15) is 0 Å². The lowest BCUT2D eigenvalue weighted by Gasteiger charge is -2.02. The molecule has 0 aliphatic heterocycles. The SMILES string of the molecule is c1cnc(SCCCNCc2cccs2)nc1. The van der Waals surface area contributed by atoms with Crippen molar-refractivity contribution in [2.75, 3.05) is 12.3 Å². The molecule has 0 bridgehead atoms. The second kappa shape index (κ2) is 7.42. The van der Waals surface area contributed by atoms with Gasteiger partial charge in [0.15, 0.2) is 5.16 Å². The predicted octanol–water partition coefficient (Wildman–Crippen LogP) is 2.81. The first kappa shape index (κ1) is 12.5. The number of rotatable bonds is 7. The molecular weight excluding hydrogens is 250 g/mol. The normalized spacial score (nSPS) is 10.6. The summed E-state index contributed by atoms with van der Waals surface area (Å²) in [6.45, 7) is 2.02. The minimum atomic E-state index is 0.866. The Hall–Kier alpha value is -0.910. The molecule has 0 unspecified atom stereocenters. The molecule has 0 saturated carbocycles. The topological polar surface area (TPSA) is 37.8 Å². The molecule has 1 N–H and O–H groups in total. The minimum absolute atomic E-state index is 0.866. The highest BCUT2D eigenvalue weighted by atomic mass is 32.2. The molecule has 0 fully saturated rings. The molecular formula is C12H15N3S2. The van der Waals surface area contributed by atoms with Crippen LogP contribution in [-0.2, 0) is 6.54 Å². The van der Waals surface area contributed by atoms with Crippen LogP contribution in [0.5, 0.6) is 0 Å². The third kappa shape index (κ3) is 4.85. The zero-order valence-corrected chi connectivity index (χ0v) is 11.1. The average Bonchev–Trinajstić information content (AvgIpc) is 2.88. The Kier molecular flexibility index (Phi) is 5.48. The van der Waals surface area contributed by atoms with Crippen LogP contribution in [0.4, 0.5) is 0 Å². The third-order valence-electron chi connectivity index (χ3n) is 2.15. The van der Waals surface area contributed by atoms with Crippen LogP contribution in [0, 0.1) is 0 Å². The van der Waals surface area contributed by atoms with E-state index in [1.807, 2.05) is 6.07 Å². The van der Waals surface area contributed by atoms with Crippen LogP contribution in [0.1, 0.15) is 11.3 Å². The second-order valence-corrected chi connectivity index (χ2v) is 5.58. The maximum absolute atomic E-state index is 4.17. The second-order valence-electron chi connectivity index (χ2n) is 3.49. The fourth-order valence-electron chi connectivity index (χ4n) is 1.35. The maximum Gasteiger partial charge on any atom is 0.187 e. The maximum atomic E-state index is 4.17. The number of thioether (sulfide) groups is 1. The van der Waals surface area contributed by atoms with Crippen LogP contribution < -0.4 is 5.32 Å². The van der Waals surface area contributed by atoms with E-state index in [4.69, 9.17) is 0 Å². The Morgan fingerprint density at radius 2 is 2.12 bits per heavy atom. The van der Waals surface area contributed by atoms with E-state index in [1.54, 1.807) is 35.5 Å². The summed E-state index contributed by atoms with van der Waals surface area (Å²) in [4.78, 5) is 9.73. The van der Waals surface area contributed by atoms with Crippen molar-refractivity contribution in [2.45, 2.75) is 18.1 Å². The van der Waals surface area contributed by atoms with Crippen LogP contribution in [-0.4, -0.2) is 22.3 Å². The van der Waals surface area contributed by atoms with Crippen molar-refractivity contribution in [1.29, 1.82) is 0 Å². The molecule has 0 aromatic carbocycles. The van der Waals surface area contributed by atoms with Crippen LogP contribution in [0.2, 0.25) is 0 Å².